The minimum Gasteiger partial charge on any atom is -0.478 e. The van der Waals surface area contributed by atoms with Gasteiger partial charge in [-0.15, -0.1) is 0 Å². The van der Waals surface area contributed by atoms with Crippen LogP contribution in [-0.4, -0.2) is 27.1 Å². The highest BCUT2D eigenvalue weighted by molar-refractivity contribution is 5.98. The van der Waals surface area contributed by atoms with Crippen LogP contribution in [0.4, 0.5) is 0 Å². The van der Waals surface area contributed by atoms with E-state index < -0.39 is 11.9 Å². The SMILES string of the molecule is O=C(O)c1ccc(C(=O)O)c(-c2ccccn2)c1. The minimum absolute atomic E-state index is 0.0266. The van der Waals surface area contributed by atoms with Gasteiger partial charge in [0.25, 0.3) is 0 Å². The van der Waals surface area contributed by atoms with Gasteiger partial charge in [0.1, 0.15) is 0 Å². The van der Waals surface area contributed by atoms with E-state index in [1.54, 1.807) is 18.2 Å². The van der Waals surface area contributed by atoms with Crippen molar-refractivity contribution >= 4 is 11.9 Å². The monoisotopic (exact) mass is 243 g/mol. The number of hydrogen-bond donors (Lipinski definition) is 2. The molecule has 90 valence electrons. The maximum absolute atomic E-state index is 11.1. The molecular formula is C13H9NO4. The summed E-state index contributed by atoms with van der Waals surface area (Å²) in [4.78, 5) is 26.0. The van der Waals surface area contributed by atoms with Gasteiger partial charge >= 0.3 is 11.9 Å². The van der Waals surface area contributed by atoms with Gasteiger partial charge in [-0.05, 0) is 30.3 Å². The van der Waals surface area contributed by atoms with Crippen LogP contribution in [0.5, 0.6) is 0 Å². The summed E-state index contributed by atoms with van der Waals surface area (Å²) >= 11 is 0. The second kappa shape index (κ2) is 4.67. The summed E-state index contributed by atoms with van der Waals surface area (Å²) in [5.74, 6) is -2.23. The largest absolute Gasteiger partial charge is 0.478 e. The summed E-state index contributed by atoms with van der Waals surface area (Å²) in [6.07, 6.45) is 1.52. The van der Waals surface area contributed by atoms with Gasteiger partial charge in [-0.1, -0.05) is 6.07 Å². The Bertz CT molecular complexity index is 608. The average Bonchev–Trinajstić information content (AvgIpc) is 2.39. The highest BCUT2D eigenvalue weighted by Gasteiger charge is 2.15. The normalized spacial score (nSPS) is 10.0. The lowest BCUT2D eigenvalue weighted by Crippen LogP contribution is -2.04. The highest BCUT2D eigenvalue weighted by Crippen LogP contribution is 2.23. The summed E-state index contributed by atoms with van der Waals surface area (Å²) in [6.45, 7) is 0. The van der Waals surface area contributed by atoms with Gasteiger partial charge in [0.15, 0.2) is 0 Å². The van der Waals surface area contributed by atoms with Gasteiger partial charge in [-0.2, -0.15) is 0 Å². The van der Waals surface area contributed by atoms with Gasteiger partial charge < -0.3 is 10.2 Å². The third-order valence-corrected chi connectivity index (χ3v) is 2.44. The van der Waals surface area contributed by atoms with Crippen LogP contribution < -0.4 is 0 Å². The predicted octanol–water partition coefficient (Wildman–Crippen LogP) is 2.15. The van der Waals surface area contributed by atoms with Crippen molar-refractivity contribution in [3.63, 3.8) is 0 Å². The third-order valence-electron chi connectivity index (χ3n) is 2.44. The lowest BCUT2D eigenvalue weighted by atomic mass is 10.0. The summed E-state index contributed by atoms with van der Waals surface area (Å²) in [7, 11) is 0. The van der Waals surface area contributed by atoms with Crippen LogP contribution in [0, 0.1) is 0 Å². The topological polar surface area (TPSA) is 87.5 Å². The predicted molar refractivity (Wildman–Crippen MR) is 63.6 cm³/mol. The Balaban J connectivity index is 2.65. The van der Waals surface area contributed by atoms with Crippen LogP contribution in [0.1, 0.15) is 20.7 Å². The molecular weight excluding hydrogens is 234 g/mol. The number of hydrogen-bond acceptors (Lipinski definition) is 3. The zero-order valence-electron chi connectivity index (χ0n) is 9.20. The molecule has 2 rings (SSSR count). The van der Waals surface area contributed by atoms with Gasteiger partial charge in [0.2, 0.25) is 0 Å². The first-order chi connectivity index (χ1) is 8.59. The average molecular weight is 243 g/mol. The molecule has 0 aliphatic rings. The second-order valence-electron chi connectivity index (χ2n) is 3.59. The van der Waals surface area contributed by atoms with E-state index in [4.69, 9.17) is 10.2 Å². The second-order valence-corrected chi connectivity index (χ2v) is 3.59. The molecule has 0 saturated carbocycles. The van der Waals surface area contributed by atoms with E-state index in [1.165, 1.54) is 24.4 Å². The maximum atomic E-state index is 11.1. The van der Waals surface area contributed by atoms with Crippen LogP contribution >= 0.6 is 0 Å². The number of aromatic carboxylic acids is 2. The van der Waals surface area contributed by atoms with E-state index in [0.717, 1.165) is 0 Å². The molecule has 1 aromatic carbocycles. The zero-order chi connectivity index (χ0) is 13.1. The van der Waals surface area contributed by atoms with Crippen LogP contribution in [0.25, 0.3) is 11.3 Å². The molecule has 1 aromatic heterocycles. The minimum atomic E-state index is -1.12. The van der Waals surface area contributed by atoms with Gasteiger partial charge in [0, 0.05) is 11.8 Å². The standard InChI is InChI=1S/C13H9NO4/c15-12(16)8-4-5-9(13(17)18)10(7-8)11-3-1-2-6-14-11/h1-7H,(H,15,16)(H,17,18). The molecule has 0 fully saturated rings. The number of nitrogens with zero attached hydrogens (tertiary/aromatic N) is 1. The van der Waals surface area contributed by atoms with E-state index in [9.17, 15) is 9.59 Å². The van der Waals surface area contributed by atoms with E-state index in [2.05, 4.69) is 4.98 Å². The molecule has 2 N–H and O–H groups in total. The lowest BCUT2D eigenvalue weighted by Gasteiger charge is -2.06. The summed E-state index contributed by atoms with van der Waals surface area (Å²) in [5, 5.41) is 18.0. The molecule has 0 atom stereocenters. The molecule has 0 saturated heterocycles. The van der Waals surface area contributed by atoms with Crippen molar-refractivity contribution < 1.29 is 19.8 Å². The van der Waals surface area contributed by atoms with Gasteiger partial charge in [0.05, 0.1) is 16.8 Å². The molecule has 0 radical (unpaired) electrons. The van der Waals surface area contributed by atoms with E-state index in [-0.39, 0.29) is 11.1 Å². The van der Waals surface area contributed by atoms with E-state index in [0.29, 0.717) is 11.3 Å². The quantitative estimate of drug-likeness (QED) is 0.862. The third kappa shape index (κ3) is 2.20. The van der Waals surface area contributed by atoms with Crippen molar-refractivity contribution in [2.75, 3.05) is 0 Å². The summed E-state index contributed by atoms with van der Waals surface area (Å²) in [5.41, 5.74) is 0.778. The number of aromatic nitrogens is 1. The fourth-order valence-corrected chi connectivity index (χ4v) is 1.60. The lowest BCUT2D eigenvalue weighted by molar-refractivity contribution is 0.0682. The summed E-state index contributed by atoms with van der Waals surface area (Å²) < 4.78 is 0. The molecule has 18 heavy (non-hydrogen) atoms. The Labute approximate surface area is 102 Å². The fraction of sp³-hybridized carbons (Fsp3) is 0. The van der Waals surface area contributed by atoms with Crippen molar-refractivity contribution in [2.45, 2.75) is 0 Å². The maximum Gasteiger partial charge on any atom is 0.336 e. The van der Waals surface area contributed by atoms with E-state index in [1.807, 2.05) is 0 Å². The number of carboxylic acids is 2. The number of benzene rings is 1. The van der Waals surface area contributed by atoms with Crippen molar-refractivity contribution in [1.82, 2.24) is 4.98 Å². The van der Waals surface area contributed by atoms with Gasteiger partial charge in [-0.25, -0.2) is 9.59 Å². The first kappa shape index (κ1) is 11.8. The molecule has 0 unspecified atom stereocenters. The summed E-state index contributed by atoms with van der Waals surface area (Å²) in [6, 6.07) is 8.89. The number of carboxylic acid groups (broad SMARTS) is 2. The molecule has 5 nitrogen and oxygen atoms in total. The van der Waals surface area contributed by atoms with Crippen molar-refractivity contribution in [3.05, 3.63) is 53.7 Å². The molecule has 1 heterocycles. The molecule has 0 bridgehead atoms. The van der Waals surface area contributed by atoms with Crippen LogP contribution in [-0.2, 0) is 0 Å². The molecule has 0 spiro atoms. The number of rotatable bonds is 3. The van der Waals surface area contributed by atoms with Crippen LogP contribution in [0.15, 0.2) is 42.6 Å². The molecule has 0 amide bonds. The van der Waals surface area contributed by atoms with Crippen LogP contribution in [0.2, 0.25) is 0 Å². The molecule has 0 aliphatic heterocycles. The Morgan fingerprint density at radius 1 is 1.00 bits per heavy atom. The number of carbonyl (C=O) groups is 2. The fourth-order valence-electron chi connectivity index (χ4n) is 1.60. The zero-order valence-corrected chi connectivity index (χ0v) is 9.20. The van der Waals surface area contributed by atoms with Crippen LogP contribution in [0.3, 0.4) is 0 Å². The highest BCUT2D eigenvalue weighted by atomic mass is 16.4. The Hall–Kier alpha value is -2.69. The van der Waals surface area contributed by atoms with Crippen molar-refractivity contribution in [3.8, 4) is 11.3 Å². The number of pyridine rings is 1. The van der Waals surface area contributed by atoms with Crippen molar-refractivity contribution in [1.29, 1.82) is 0 Å². The Kier molecular flexibility index (Phi) is 3.05. The molecule has 0 aliphatic carbocycles. The van der Waals surface area contributed by atoms with Crippen molar-refractivity contribution in [2.24, 2.45) is 0 Å². The van der Waals surface area contributed by atoms with Gasteiger partial charge in [-0.3, -0.25) is 4.98 Å². The first-order valence-electron chi connectivity index (χ1n) is 5.11. The van der Waals surface area contributed by atoms with E-state index >= 15 is 0 Å². The Morgan fingerprint density at radius 2 is 1.78 bits per heavy atom. The first-order valence-corrected chi connectivity index (χ1v) is 5.11. The molecule has 2 aromatic rings. The Morgan fingerprint density at radius 3 is 2.33 bits per heavy atom. The molecule has 5 heteroatoms. The smallest absolute Gasteiger partial charge is 0.336 e.